The average molecular weight is 535 g/mol. The van der Waals surface area contributed by atoms with Crippen LogP contribution in [-0.2, 0) is 4.79 Å². The Morgan fingerprint density at radius 1 is 1.08 bits per heavy atom. The lowest BCUT2D eigenvalue weighted by Crippen LogP contribution is -2.49. The fraction of sp³-hybridized carbons (Fsp3) is 0.333. The molecule has 37 heavy (non-hydrogen) atoms. The number of thioether (sulfide) groups is 1. The molecule has 0 N–H and O–H groups in total. The molecule has 1 amide bonds. The van der Waals surface area contributed by atoms with Gasteiger partial charge in [-0.3, -0.25) is 14.2 Å². The van der Waals surface area contributed by atoms with Crippen molar-refractivity contribution in [3.8, 4) is 5.69 Å². The third-order valence-corrected chi connectivity index (χ3v) is 8.76. The van der Waals surface area contributed by atoms with Crippen LogP contribution >= 0.6 is 23.4 Å². The van der Waals surface area contributed by atoms with Crippen molar-refractivity contribution < 1.29 is 4.79 Å². The monoisotopic (exact) mass is 534 g/mol. The first-order chi connectivity index (χ1) is 17.9. The number of carbonyl (C=O) groups excluding carboxylic acids is 1. The Kier molecular flexibility index (Phi) is 6.20. The summed E-state index contributed by atoms with van der Waals surface area (Å²) < 4.78 is 3.42. The number of fused-ring (bicyclic) bond motifs is 2. The molecule has 0 spiro atoms. The van der Waals surface area contributed by atoms with Crippen LogP contribution < -0.4 is 10.5 Å². The maximum atomic E-state index is 13.5. The smallest absolute Gasteiger partial charge is 0.265 e. The number of piperazine rings is 1. The third-order valence-electron chi connectivity index (χ3n) is 7.34. The number of halogens is 1. The SMILES string of the molecule is Cc1ccc(-n2ncc3c(=O)n4c(nc32)SCC4CC(=O)N2CCN(c3ccccc3Cl)CC2)cc1C. The van der Waals surface area contributed by atoms with E-state index in [2.05, 4.69) is 29.9 Å². The predicted octanol–water partition coefficient (Wildman–Crippen LogP) is 4.24. The average Bonchev–Trinajstić information content (AvgIpc) is 3.51. The zero-order chi connectivity index (χ0) is 25.7. The van der Waals surface area contributed by atoms with Crippen molar-refractivity contribution in [2.75, 3.05) is 36.8 Å². The molecule has 8 nitrogen and oxygen atoms in total. The molecule has 1 atom stereocenters. The molecular formula is C27H27ClN6O2S. The number of aromatic nitrogens is 4. The van der Waals surface area contributed by atoms with Gasteiger partial charge in [0.1, 0.15) is 5.39 Å². The molecule has 190 valence electrons. The van der Waals surface area contributed by atoms with Gasteiger partial charge >= 0.3 is 0 Å². The van der Waals surface area contributed by atoms with E-state index in [0.717, 1.165) is 35.1 Å². The van der Waals surface area contributed by atoms with E-state index in [-0.39, 0.29) is 23.9 Å². The molecule has 0 aliphatic carbocycles. The zero-order valence-corrected chi connectivity index (χ0v) is 22.3. The Hall–Kier alpha value is -3.30. The quantitative estimate of drug-likeness (QED) is 0.365. The lowest BCUT2D eigenvalue weighted by Gasteiger charge is -2.37. The molecule has 2 aromatic heterocycles. The highest BCUT2D eigenvalue weighted by Gasteiger charge is 2.32. The third kappa shape index (κ3) is 4.30. The van der Waals surface area contributed by atoms with Gasteiger partial charge in [0, 0.05) is 38.4 Å². The van der Waals surface area contributed by atoms with E-state index in [0.29, 0.717) is 35.0 Å². The van der Waals surface area contributed by atoms with Gasteiger partial charge in [-0.05, 0) is 49.2 Å². The fourth-order valence-electron chi connectivity index (χ4n) is 5.06. The minimum absolute atomic E-state index is 0.0649. The van der Waals surface area contributed by atoms with Crippen LogP contribution in [0.1, 0.15) is 23.6 Å². The van der Waals surface area contributed by atoms with Crippen LogP contribution in [0.15, 0.2) is 58.6 Å². The lowest BCUT2D eigenvalue weighted by atomic mass is 10.1. The van der Waals surface area contributed by atoms with E-state index in [4.69, 9.17) is 16.6 Å². The summed E-state index contributed by atoms with van der Waals surface area (Å²) in [4.78, 5) is 35.6. The summed E-state index contributed by atoms with van der Waals surface area (Å²) in [5, 5.41) is 6.31. The molecule has 1 fully saturated rings. The summed E-state index contributed by atoms with van der Waals surface area (Å²) in [6.45, 7) is 6.83. The molecule has 6 rings (SSSR count). The van der Waals surface area contributed by atoms with Crippen LogP contribution in [0.3, 0.4) is 0 Å². The van der Waals surface area contributed by atoms with E-state index in [1.807, 2.05) is 41.3 Å². The molecule has 10 heteroatoms. The van der Waals surface area contributed by atoms with Gasteiger partial charge in [-0.25, -0.2) is 9.67 Å². The van der Waals surface area contributed by atoms with Crippen molar-refractivity contribution in [2.24, 2.45) is 0 Å². The normalized spacial score (nSPS) is 17.4. The van der Waals surface area contributed by atoms with Crippen molar-refractivity contribution in [3.63, 3.8) is 0 Å². The fourth-order valence-corrected chi connectivity index (χ4v) is 6.45. The van der Waals surface area contributed by atoms with Gasteiger partial charge in [-0.2, -0.15) is 5.10 Å². The van der Waals surface area contributed by atoms with Crippen molar-refractivity contribution in [1.82, 2.24) is 24.2 Å². The zero-order valence-electron chi connectivity index (χ0n) is 20.7. The maximum Gasteiger partial charge on any atom is 0.265 e. The van der Waals surface area contributed by atoms with Gasteiger partial charge < -0.3 is 9.80 Å². The number of nitrogens with zero attached hydrogens (tertiary/aromatic N) is 6. The molecule has 0 saturated carbocycles. The predicted molar refractivity (Wildman–Crippen MR) is 147 cm³/mol. The molecule has 2 aliphatic rings. The largest absolute Gasteiger partial charge is 0.367 e. The van der Waals surface area contributed by atoms with Crippen LogP contribution in [-0.4, -0.2) is 62.1 Å². The number of anilines is 1. The Balaban J connectivity index is 1.20. The van der Waals surface area contributed by atoms with E-state index >= 15 is 0 Å². The molecule has 2 aromatic carbocycles. The van der Waals surface area contributed by atoms with Crippen molar-refractivity contribution in [3.05, 3.63) is 75.2 Å². The summed E-state index contributed by atoms with van der Waals surface area (Å²) in [6.07, 6.45) is 1.87. The highest BCUT2D eigenvalue weighted by molar-refractivity contribution is 7.99. The number of benzene rings is 2. The van der Waals surface area contributed by atoms with Crippen molar-refractivity contribution in [1.29, 1.82) is 0 Å². The molecule has 4 aromatic rings. The van der Waals surface area contributed by atoms with Gasteiger partial charge in [0.25, 0.3) is 5.56 Å². The lowest BCUT2D eigenvalue weighted by molar-refractivity contribution is -0.132. The van der Waals surface area contributed by atoms with Gasteiger partial charge in [-0.1, -0.05) is 41.6 Å². The van der Waals surface area contributed by atoms with Gasteiger partial charge in [0.2, 0.25) is 5.91 Å². The highest BCUT2D eigenvalue weighted by Crippen LogP contribution is 2.34. The summed E-state index contributed by atoms with van der Waals surface area (Å²) in [6, 6.07) is 13.7. The minimum Gasteiger partial charge on any atom is -0.367 e. The van der Waals surface area contributed by atoms with Crippen LogP contribution in [0, 0.1) is 13.8 Å². The Morgan fingerprint density at radius 2 is 1.86 bits per heavy atom. The Morgan fingerprint density at radius 3 is 2.62 bits per heavy atom. The van der Waals surface area contributed by atoms with Crippen LogP contribution in [0.5, 0.6) is 0 Å². The number of carbonyl (C=O) groups is 1. The van der Waals surface area contributed by atoms with Crippen LogP contribution in [0.2, 0.25) is 5.02 Å². The summed E-state index contributed by atoms with van der Waals surface area (Å²) in [7, 11) is 0. The van der Waals surface area contributed by atoms with Crippen LogP contribution in [0.25, 0.3) is 16.7 Å². The van der Waals surface area contributed by atoms with Gasteiger partial charge in [0.05, 0.1) is 28.6 Å². The second-order valence-electron chi connectivity index (χ2n) is 9.62. The molecule has 0 radical (unpaired) electrons. The number of para-hydroxylation sites is 1. The van der Waals surface area contributed by atoms with E-state index < -0.39 is 0 Å². The van der Waals surface area contributed by atoms with E-state index in [9.17, 15) is 9.59 Å². The second-order valence-corrected chi connectivity index (χ2v) is 11.0. The molecule has 0 bridgehead atoms. The molecule has 4 heterocycles. The molecule has 2 aliphatic heterocycles. The summed E-state index contributed by atoms with van der Waals surface area (Å²) in [5.41, 5.74) is 4.64. The summed E-state index contributed by atoms with van der Waals surface area (Å²) in [5.74, 6) is 0.715. The topological polar surface area (TPSA) is 76.3 Å². The number of amides is 1. The first-order valence-electron chi connectivity index (χ1n) is 12.4. The minimum atomic E-state index is -0.219. The van der Waals surface area contributed by atoms with Gasteiger partial charge in [-0.15, -0.1) is 0 Å². The molecule has 1 saturated heterocycles. The highest BCUT2D eigenvalue weighted by atomic mass is 35.5. The standard InChI is InChI=1S/C27H27ClN6O2S/c1-17-7-8-19(13-18(17)2)34-25-21(15-29-34)26(36)33-20(16-37-27(33)30-25)14-24(35)32-11-9-31(10-12-32)23-6-4-3-5-22(23)28/h3-8,13,15,20H,9-12,14,16H2,1-2H3. The van der Waals surface area contributed by atoms with E-state index in [1.165, 1.54) is 17.3 Å². The first-order valence-corrected chi connectivity index (χ1v) is 13.7. The summed E-state index contributed by atoms with van der Waals surface area (Å²) >= 11 is 7.88. The van der Waals surface area contributed by atoms with Crippen molar-refractivity contribution in [2.45, 2.75) is 31.5 Å². The van der Waals surface area contributed by atoms with Crippen molar-refractivity contribution >= 4 is 46.0 Å². The Bertz CT molecular complexity index is 1570. The number of hydrogen-bond acceptors (Lipinski definition) is 6. The molecular weight excluding hydrogens is 508 g/mol. The maximum absolute atomic E-state index is 13.5. The molecule has 1 unspecified atom stereocenters. The number of rotatable bonds is 4. The van der Waals surface area contributed by atoms with Crippen LogP contribution in [0.4, 0.5) is 5.69 Å². The number of hydrogen-bond donors (Lipinski definition) is 0. The second kappa shape index (κ2) is 9.54. The van der Waals surface area contributed by atoms with E-state index in [1.54, 1.807) is 15.4 Å². The number of aryl methyl sites for hydroxylation is 2. The van der Waals surface area contributed by atoms with Gasteiger partial charge in [0.15, 0.2) is 10.8 Å². The first kappa shape index (κ1) is 24.1. The Labute approximate surface area is 223 Å².